The summed E-state index contributed by atoms with van der Waals surface area (Å²) in [6.45, 7) is 6.60. The van der Waals surface area contributed by atoms with Gasteiger partial charge in [0.2, 0.25) is 6.41 Å². The molecule has 1 aliphatic carbocycles. The predicted octanol–water partition coefficient (Wildman–Crippen LogP) is 2.26. The van der Waals surface area contributed by atoms with Crippen LogP contribution in [0.15, 0.2) is 0 Å². The smallest absolute Gasteiger partial charge is 0.249 e. The Labute approximate surface area is 98.3 Å². The Morgan fingerprint density at radius 2 is 1.94 bits per heavy atom. The molecule has 1 amide bonds. The van der Waals surface area contributed by atoms with Gasteiger partial charge in [0.1, 0.15) is 0 Å². The van der Waals surface area contributed by atoms with E-state index in [-0.39, 0.29) is 5.60 Å². The highest BCUT2D eigenvalue weighted by Gasteiger charge is 2.18. The van der Waals surface area contributed by atoms with E-state index in [0.717, 1.165) is 6.54 Å². The van der Waals surface area contributed by atoms with Crippen LogP contribution in [-0.4, -0.2) is 23.7 Å². The van der Waals surface area contributed by atoms with Gasteiger partial charge in [-0.25, -0.2) is 10.3 Å². The molecule has 94 valence electrons. The summed E-state index contributed by atoms with van der Waals surface area (Å²) in [7, 11) is 0. The number of hydrogen-bond acceptors (Lipinski definition) is 3. The molecule has 4 heteroatoms. The molecule has 1 N–H and O–H groups in total. The molecule has 0 atom stereocenters. The van der Waals surface area contributed by atoms with Gasteiger partial charge in [-0.2, -0.15) is 5.17 Å². The molecule has 0 aliphatic heterocycles. The van der Waals surface area contributed by atoms with E-state index in [1.54, 1.807) is 0 Å². The van der Waals surface area contributed by atoms with Crippen molar-refractivity contribution in [3.05, 3.63) is 0 Å². The molecule has 4 nitrogen and oxygen atoms in total. The summed E-state index contributed by atoms with van der Waals surface area (Å²) in [6, 6.07) is 0. The molecule has 1 aliphatic rings. The van der Waals surface area contributed by atoms with Gasteiger partial charge in [0.25, 0.3) is 0 Å². The maximum atomic E-state index is 10.8. The monoisotopic (exact) mass is 228 g/mol. The fourth-order valence-corrected chi connectivity index (χ4v) is 2.00. The van der Waals surface area contributed by atoms with Gasteiger partial charge in [0.15, 0.2) is 0 Å². The van der Waals surface area contributed by atoms with Crippen LogP contribution in [0.1, 0.15) is 52.9 Å². The lowest BCUT2D eigenvalue weighted by Gasteiger charge is -2.29. The van der Waals surface area contributed by atoms with Crippen LogP contribution in [0.25, 0.3) is 0 Å². The fourth-order valence-electron chi connectivity index (χ4n) is 2.00. The topological polar surface area (TPSA) is 41.6 Å². The van der Waals surface area contributed by atoms with E-state index in [1.807, 2.05) is 20.8 Å². The van der Waals surface area contributed by atoms with E-state index in [9.17, 15) is 4.79 Å². The molecule has 16 heavy (non-hydrogen) atoms. The third-order valence-electron chi connectivity index (χ3n) is 2.73. The van der Waals surface area contributed by atoms with Gasteiger partial charge in [-0.05, 0) is 39.5 Å². The molecule has 0 saturated heterocycles. The molecular formula is C12H24N2O2. The zero-order chi connectivity index (χ0) is 12.0. The second-order valence-corrected chi connectivity index (χ2v) is 5.50. The quantitative estimate of drug-likeness (QED) is 0.579. The zero-order valence-corrected chi connectivity index (χ0v) is 10.7. The number of rotatable bonds is 5. The number of amides is 1. The lowest BCUT2D eigenvalue weighted by Crippen LogP contribution is -2.44. The van der Waals surface area contributed by atoms with Gasteiger partial charge in [-0.15, -0.1) is 0 Å². The van der Waals surface area contributed by atoms with Crippen molar-refractivity contribution < 1.29 is 9.63 Å². The Kier molecular flexibility index (Phi) is 5.22. The van der Waals surface area contributed by atoms with Crippen LogP contribution >= 0.6 is 0 Å². The van der Waals surface area contributed by atoms with Crippen LogP contribution in [0, 0.1) is 5.92 Å². The summed E-state index contributed by atoms with van der Waals surface area (Å²) >= 11 is 0. The normalized spacial score (nSPS) is 18.4. The fraction of sp³-hybridized carbons (Fsp3) is 0.917. The first-order valence-corrected chi connectivity index (χ1v) is 6.18. The standard InChI is InChI=1S/C12H24N2O2/c1-12(2,3)16-14(10-15)13-9-11-7-5-4-6-8-11/h10-11,13H,4-9H2,1-3H3. The Morgan fingerprint density at radius 1 is 1.31 bits per heavy atom. The maximum absolute atomic E-state index is 10.8. The van der Waals surface area contributed by atoms with Gasteiger partial charge in [-0.3, -0.25) is 4.79 Å². The maximum Gasteiger partial charge on any atom is 0.249 e. The summed E-state index contributed by atoms with van der Waals surface area (Å²) in [5.41, 5.74) is 2.69. The van der Waals surface area contributed by atoms with Crippen molar-refractivity contribution in [2.24, 2.45) is 5.92 Å². The predicted molar refractivity (Wildman–Crippen MR) is 63.3 cm³/mol. The van der Waals surface area contributed by atoms with Crippen molar-refractivity contribution in [3.8, 4) is 0 Å². The van der Waals surface area contributed by atoms with Gasteiger partial charge in [-0.1, -0.05) is 19.3 Å². The van der Waals surface area contributed by atoms with E-state index < -0.39 is 0 Å². The second-order valence-electron chi connectivity index (χ2n) is 5.50. The first kappa shape index (κ1) is 13.5. The van der Waals surface area contributed by atoms with E-state index in [1.165, 1.54) is 37.3 Å². The van der Waals surface area contributed by atoms with Crippen molar-refractivity contribution >= 4 is 6.41 Å². The van der Waals surface area contributed by atoms with Crippen molar-refractivity contribution in [2.75, 3.05) is 6.54 Å². The Morgan fingerprint density at radius 3 is 2.44 bits per heavy atom. The number of nitrogens with zero attached hydrogens (tertiary/aromatic N) is 1. The first-order chi connectivity index (χ1) is 7.51. The van der Waals surface area contributed by atoms with Crippen molar-refractivity contribution in [1.29, 1.82) is 0 Å². The van der Waals surface area contributed by atoms with Crippen LogP contribution in [0.2, 0.25) is 0 Å². The van der Waals surface area contributed by atoms with Crippen LogP contribution in [0.4, 0.5) is 0 Å². The summed E-state index contributed by atoms with van der Waals surface area (Å²) in [5.74, 6) is 0.680. The molecular weight excluding hydrogens is 204 g/mol. The number of carbonyl (C=O) groups is 1. The Balaban J connectivity index is 2.25. The highest BCUT2D eigenvalue weighted by atomic mass is 16.7. The first-order valence-electron chi connectivity index (χ1n) is 6.18. The minimum absolute atomic E-state index is 0.347. The van der Waals surface area contributed by atoms with Gasteiger partial charge in [0.05, 0.1) is 5.60 Å². The van der Waals surface area contributed by atoms with Gasteiger partial charge in [0, 0.05) is 6.54 Å². The van der Waals surface area contributed by atoms with Crippen LogP contribution in [-0.2, 0) is 9.63 Å². The average Bonchev–Trinajstić information content (AvgIpc) is 2.24. The zero-order valence-electron chi connectivity index (χ0n) is 10.7. The molecule has 0 aromatic rings. The molecule has 0 bridgehead atoms. The minimum Gasteiger partial charge on any atom is -0.275 e. The summed E-state index contributed by atoms with van der Waals surface area (Å²) in [4.78, 5) is 16.2. The average molecular weight is 228 g/mol. The number of nitrogens with one attached hydrogen (secondary N) is 1. The van der Waals surface area contributed by atoms with Crippen LogP contribution in [0.3, 0.4) is 0 Å². The summed E-state index contributed by atoms with van der Waals surface area (Å²) in [6.07, 6.45) is 7.19. The summed E-state index contributed by atoms with van der Waals surface area (Å²) in [5, 5.41) is 1.20. The number of hydroxylamine groups is 1. The number of carbonyl (C=O) groups excluding carboxylic acids is 1. The Bertz CT molecular complexity index is 208. The van der Waals surface area contributed by atoms with E-state index in [2.05, 4.69) is 5.43 Å². The third-order valence-corrected chi connectivity index (χ3v) is 2.73. The van der Waals surface area contributed by atoms with E-state index in [0.29, 0.717) is 12.3 Å². The second kappa shape index (κ2) is 6.21. The highest BCUT2D eigenvalue weighted by molar-refractivity contribution is 5.44. The van der Waals surface area contributed by atoms with Gasteiger partial charge >= 0.3 is 0 Å². The molecule has 1 saturated carbocycles. The van der Waals surface area contributed by atoms with Crippen LogP contribution in [0.5, 0.6) is 0 Å². The SMILES string of the molecule is CC(C)(C)ON(C=O)NCC1CCCCC1. The highest BCUT2D eigenvalue weighted by Crippen LogP contribution is 2.22. The molecule has 0 aromatic carbocycles. The van der Waals surface area contributed by atoms with Crippen molar-refractivity contribution in [1.82, 2.24) is 10.6 Å². The summed E-state index contributed by atoms with van der Waals surface area (Å²) < 4.78 is 0. The van der Waals surface area contributed by atoms with E-state index in [4.69, 9.17) is 4.84 Å². The third kappa shape index (κ3) is 5.47. The van der Waals surface area contributed by atoms with Crippen LogP contribution < -0.4 is 5.43 Å². The lowest BCUT2D eigenvalue weighted by atomic mass is 9.89. The van der Waals surface area contributed by atoms with Crippen molar-refractivity contribution in [2.45, 2.75) is 58.5 Å². The Hall–Kier alpha value is -0.610. The molecule has 1 fully saturated rings. The van der Waals surface area contributed by atoms with Gasteiger partial charge < -0.3 is 0 Å². The van der Waals surface area contributed by atoms with Crippen molar-refractivity contribution in [3.63, 3.8) is 0 Å². The molecule has 0 spiro atoms. The molecule has 0 heterocycles. The number of hydrogen-bond donors (Lipinski definition) is 1. The number of hydrazine groups is 1. The van der Waals surface area contributed by atoms with E-state index >= 15 is 0 Å². The lowest BCUT2D eigenvalue weighted by molar-refractivity contribution is -0.239. The molecule has 0 aromatic heterocycles. The molecule has 0 unspecified atom stereocenters. The largest absolute Gasteiger partial charge is 0.275 e. The molecule has 0 radical (unpaired) electrons. The molecule has 1 rings (SSSR count). The minimum atomic E-state index is -0.347.